The lowest BCUT2D eigenvalue weighted by Crippen LogP contribution is -2.14. The van der Waals surface area contributed by atoms with E-state index in [0.29, 0.717) is 15.0 Å². The number of fused-ring (bicyclic) bond motifs is 2. The number of hydrogen-bond donors (Lipinski definition) is 2. The normalized spacial score (nSPS) is 10.9. The minimum Gasteiger partial charge on any atom is -0.325 e. The van der Waals surface area contributed by atoms with Gasteiger partial charge in [-0.3, -0.25) is 14.9 Å². The Bertz CT molecular complexity index is 1470. The SMILES string of the molecule is O=C(CSc1nnc(NC(=O)c2cccc3ccccc23)s1)Nc1cccc2ccccc12. The Balaban J connectivity index is 1.21. The molecule has 0 aliphatic heterocycles. The summed E-state index contributed by atoms with van der Waals surface area (Å²) in [5.41, 5.74) is 1.35. The smallest absolute Gasteiger partial charge is 0.258 e. The molecule has 0 unspecified atom stereocenters. The van der Waals surface area contributed by atoms with Crippen molar-refractivity contribution in [2.45, 2.75) is 4.34 Å². The van der Waals surface area contributed by atoms with Gasteiger partial charge in [0.2, 0.25) is 11.0 Å². The average Bonchev–Trinajstić information content (AvgIpc) is 3.30. The molecule has 0 radical (unpaired) electrons. The fourth-order valence-electron chi connectivity index (χ4n) is 3.55. The maximum atomic E-state index is 12.8. The molecule has 5 aromatic rings. The molecule has 6 nitrogen and oxygen atoms in total. The number of carbonyl (C=O) groups is 2. The third-order valence-electron chi connectivity index (χ3n) is 5.05. The minimum atomic E-state index is -0.242. The van der Waals surface area contributed by atoms with Gasteiger partial charge in [-0.2, -0.15) is 0 Å². The van der Waals surface area contributed by atoms with E-state index >= 15 is 0 Å². The van der Waals surface area contributed by atoms with Crippen molar-refractivity contribution in [2.75, 3.05) is 16.4 Å². The maximum absolute atomic E-state index is 12.8. The number of hydrogen-bond acceptors (Lipinski definition) is 6. The maximum Gasteiger partial charge on any atom is 0.258 e. The van der Waals surface area contributed by atoms with E-state index in [1.165, 1.54) is 23.1 Å². The molecular weight excluding hydrogens is 452 g/mol. The molecule has 4 aromatic carbocycles. The Kier molecular flexibility index (Phi) is 6.01. The first-order chi connectivity index (χ1) is 16.2. The standard InChI is InChI=1S/C25H18N4O2S2/c30-22(26-21-14-6-10-17-8-2-4-12-19(17)21)15-32-25-29-28-24(33-25)27-23(31)20-13-5-9-16-7-1-3-11-18(16)20/h1-14H,15H2,(H,26,30)(H,27,28,31). The Labute approximate surface area is 198 Å². The zero-order valence-electron chi connectivity index (χ0n) is 17.3. The van der Waals surface area contributed by atoms with Crippen LogP contribution >= 0.6 is 23.1 Å². The summed E-state index contributed by atoms with van der Waals surface area (Å²) in [5, 5.41) is 18.2. The van der Waals surface area contributed by atoms with Gasteiger partial charge in [-0.15, -0.1) is 10.2 Å². The van der Waals surface area contributed by atoms with E-state index in [-0.39, 0.29) is 17.6 Å². The van der Waals surface area contributed by atoms with Crippen molar-refractivity contribution < 1.29 is 9.59 Å². The van der Waals surface area contributed by atoms with E-state index in [4.69, 9.17) is 0 Å². The molecule has 0 aliphatic rings. The van der Waals surface area contributed by atoms with Crippen LogP contribution in [0.15, 0.2) is 89.3 Å². The van der Waals surface area contributed by atoms with E-state index in [0.717, 1.165) is 27.2 Å². The van der Waals surface area contributed by atoms with E-state index in [9.17, 15) is 9.59 Å². The van der Waals surface area contributed by atoms with Crippen LogP contribution in [-0.2, 0) is 4.79 Å². The number of rotatable bonds is 6. The van der Waals surface area contributed by atoms with E-state index in [1.807, 2.05) is 78.9 Å². The summed E-state index contributed by atoms with van der Waals surface area (Å²) in [7, 11) is 0. The number of carbonyl (C=O) groups excluding carboxylic acids is 2. The van der Waals surface area contributed by atoms with E-state index < -0.39 is 0 Å². The van der Waals surface area contributed by atoms with Crippen molar-refractivity contribution >= 4 is 67.3 Å². The van der Waals surface area contributed by atoms with Gasteiger partial charge in [-0.05, 0) is 28.3 Å². The van der Waals surface area contributed by atoms with Crippen LogP contribution in [0.3, 0.4) is 0 Å². The van der Waals surface area contributed by atoms with Crippen LogP contribution in [0.5, 0.6) is 0 Å². The van der Waals surface area contributed by atoms with Crippen LogP contribution < -0.4 is 10.6 Å². The van der Waals surface area contributed by atoms with Gasteiger partial charge < -0.3 is 5.32 Å². The number of nitrogens with one attached hydrogen (secondary N) is 2. The summed E-state index contributed by atoms with van der Waals surface area (Å²) in [6.45, 7) is 0. The van der Waals surface area contributed by atoms with Crippen molar-refractivity contribution in [1.29, 1.82) is 0 Å². The van der Waals surface area contributed by atoms with Gasteiger partial charge in [0, 0.05) is 16.6 Å². The number of nitrogens with zero attached hydrogens (tertiary/aromatic N) is 2. The summed E-state index contributed by atoms with van der Waals surface area (Å²) in [6.07, 6.45) is 0. The monoisotopic (exact) mass is 470 g/mol. The van der Waals surface area contributed by atoms with Gasteiger partial charge in [0.1, 0.15) is 0 Å². The summed E-state index contributed by atoms with van der Waals surface area (Å²) < 4.78 is 0.608. The van der Waals surface area contributed by atoms with Crippen LogP contribution in [0.4, 0.5) is 10.8 Å². The van der Waals surface area contributed by atoms with Crippen LogP contribution in [-0.4, -0.2) is 27.8 Å². The molecule has 0 atom stereocenters. The first-order valence-electron chi connectivity index (χ1n) is 10.2. The molecule has 0 bridgehead atoms. The fraction of sp³-hybridized carbons (Fsp3) is 0.0400. The molecular formula is C25H18N4O2S2. The Morgan fingerprint density at radius 2 is 1.42 bits per heavy atom. The highest BCUT2D eigenvalue weighted by Gasteiger charge is 2.14. The van der Waals surface area contributed by atoms with Crippen molar-refractivity contribution in [3.05, 3.63) is 90.5 Å². The van der Waals surface area contributed by atoms with Gasteiger partial charge in [-0.25, -0.2) is 0 Å². The molecule has 1 heterocycles. The van der Waals surface area contributed by atoms with E-state index in [1.54, 1.807) is 6.07 Å². The highest BCUT2D eigenvalue weighted by Crippen LogP contribution is 2.28. The predicted octanol–water partition coefficient (Wildman–Crippen LogP) is 5.83. The molecule has 2 amide bonds. The molecule has 5 rings (SSSR count). The highest BCUT2D eigenvalue weighted by molar-refractivity contribution is 8.01. The fourth-order valence-corrected chi connectivity index (χ4v) is 5.10. The Morgan fingerprint density at radius 1 is 0.758 bits per heavy atom. The van der Waals surface area contributed by atoms with Gasteiger partial charge in [0.05, 0.1) is 5.75 Å². The zero-order chi connectivity index (χ0) is 22.6. The molecule has 0 aliphatic carbocycles. The summed E-state index contributed by atoms with van der Waals surface area (Å²) in [4.78, 5) is 25.2. The second-order valence-electron chi connectivity index (χ2n) is 7.22. The zero-order valence-corrected chi connectivity index (χ0v) is 19.0. The third kappa shape index (κ3) is 4.72. The van der Waals surface area contributed by atoms with Crippen molar-refractivity contribution in [3.8, 4) is 0 Å². The summed E-state index contributed by atoms with van der Waals surface area (Å²) in [6, 6.07) is 27.0. The molecule has 0 saturated carbocycles. The second kappa shape index (κ2) is 9.40. The van der Waals surface area contributed by atoms with Crippen molar-refractivity contribution in [2.24, 2.45) is 0 Å². The predicted molar refractivity (Wildman–Crippen MR) is 135 cm³/mol. The average molecular weight is 471 g/mol. The quantitative estimate of drug-likeness (QED) is 0.241. The largest absolute Gasteiger partial charge is 0.325 e. The minimum absolute atomic E-state index is 0.132. The molecule has 2 N–H and O–H groups in total. The Hall–Kier alpha value is -3.75. The van der Waals surface area contributed by atoms with Gasteiger partial charge in [0.25, 0.3) is 5.91 Å². The summed E-state index contributed by atoms with van der Waals surface area (Å²) in [5.74, 6) is -0.184. The molecule has 8 heteroatoms. The highest BCUT2D eigenvalue weighted by atomic mass is 32.2. The first-order valence-corrected chi connectivity index (χ1v) is 12.0. The summed E-state index contributed by atoms with van der Waals surface area (Å²) >= 11 is 2.52. The number of aromatic nitrogens is 2. The van der Waals surface area contributed by atoms with Crippen LogP contribution in [0.25, 0.3) is 21.5 Å². The topological polar surface area (TPSA) is 84.0 Å². The third-order valence-corrected chi connectivity index (χ3v) is 7.02. The second-order valence-corrected chi connectivity index (χ2v) is 9.42. The lowest BCUT2D eigenvalue weighted by molar-refractivity contribution is -0.113. The molecule has 0 spiro atoms. The molecule has 33 heavy (non-hydrogen) atoms. The van der Waals surface area contributed by atoms with Gasteiger partial charge in [-0.1, -0.05) is 95.9 Å². The number of thioether (sulfide) groups is 1. The van der Waals surface area contributed by atoms with Gasteiger partial charge in [0.15, 0.2) is 4.34 Å². The van der Waals surface area contributed by atoms with Crippen LogP contribution in [0.1, 0.15) is 10.4 Å². The number of amides is 2. The Morgan fingerprint density at radius 3 is 2.24 bits per heavy atom. The lowest BCUT2D eigenvalue weighted by Gasteiger charge is -2.08. The lowest BCUT2D eigenvalue weighted by atomic mass is 10.0. The number of benzene rings is 4. The van der Waals surface area contributed by atoms with E-state index in [2.05, 4.69) is 20.8 Å². The van der Waals surface area contributed by atoms with Crippen molar-refractivity contribution in [1.82, 2.24) is 10.2 Å². The van der Waals surface area contributed by atoms with Crippen LogP contribution in [0, 0.1) is 0 Å². The molecule has 1 aromatic heterocycles. The number of anilines is 2. The molecule has 0 fully saturated rings. The molecule has 0 saturated heterocycles. The van der Waals surface area contributed by atoms with Gasteiger partial charge >= 0.3 is 0 Å². The first kappa shape index (κ1) is 21.1. The van der Waals surface area contributed by atoms with Crippen LogP contribution in [0.2, 0.25) is 0 Å². The van der Waals surface area contributed by atoms with Crippen molar-refractivity contribution in [3.63, 3.8) is 0 Å². The molecule has 162 valence electrons.